The Hall–Kier alpha value is -1.79. The number of anilines is 1. The summed E-state index contributed by atoms with van der Waals surface area (Å²) in [5.74, 6) is -5.53. The molecule has 0 bridgehead atoms. The van der Waals surface area contributed by atoms with E-state index < -0.39 is 24.9 Å². The zero-order valence-corrected chi connectivity index (χ0v) is 9.38. The van der Waals surface area contributed by atoms with Gasteiger partial charge in [-0.2, -0.15) is 8.78 Å². The Bertz CT molecular complexity index is 449. The van der Waals surface area contributed by atoms with Crippen LogP contribution in [-0.4, -0.2) is 30.0 Å². The van der Waals surface area contributed by atoms with Crippen LogP contribution in [0.25, 0.3) is 0 Å². The number of benzene rings is 1. The predicted molar refractivity (Wildman–Crippen MR) is 57.6 cm³/mol. The lowest BCUT2D eigenvalue weighted by Gasteiger charge is -2.17. The van der Waals surface area contributed by atoms with Crippen LogP contribution in [0.3, 0.4) is 0 Å². The van der Waals surface area contributed by atoms with E-state index in [1.807, 2.05) is 5.32 Å². The normalized spacial score (nSPS) is 11.7. The minimum absolute atomic E-state index is 0.117. The summed E-state index contributed by atoms with van der Waals surface area (Å²) in [4.78, 5) is 10.9. The highest BCUT2D eigenvalue weighted by molar-refractivity contribution is 5.94. The minimum Gasteiger partial charge on any atom is -0.478 e. The molecular formula is C11H11F4NO2. The maximum Gasteiger partial charge on any atom is 0.337 e. The predicted octanol–water partition coefficient (Wildman–Crippen LogP) is 3.01. The van der Waals surface area contributed by atoms with Gasteiger partial charge in [-0.15, -0.1) is 0 Å². The van der Waals surface area contributed by atoms with Crippen molar-refractivity contribution in [3.05, 3.63) is 29.3 Å². The van der Waals surface area contributed by atoms with Crippen LogP contribution in [-0.2, 0) is 0 Å². The minimum atomic E-state index is -4.21. The van der Waals surface area contributed by atoms with E-state index in [9.17, 15) is 22.4 Å². The number of halogens is 4. The number of alkyl halides is 4. The second-order valence-corrected chi connectivity index (χ2v) is 3.77. The summed E-state index contributed by atoms with van der Waals surface area (Å²) >= 11 is 0. The molecule has 3 nitrogen and oxygen atoms in total. The van der Waals surface area contributed by atoms with Gasteiger partial charge in [0.25, 0.3) is 0 Å². The van der Waals surface area contributed by atoms with Crippen molar-refractivity contribution in [2.75, 3.05) is 11.9 Å². The number of hydrogen-bond acceptors (Lipinski definition) is 2. The van der Waals surface area contributed by atoms with Gasteiger partial charge in [-0.05, 0) is 19.1 Å². The zero-order valence-electron chi connectivity index (χ0n) is 9.38. The second-order valence-electron chi connectivity index (χ2n) is 3.77. The highest BCUT2D eigenvalue weighted by Gasteiger charge is 2.40. The molecule has 1 rings (SSSR count). The van der Waals surface area contributed by atoms with Gasteiger partial charge in [0.1, 0.15) is 0 Å². The number of carboxylic acids is 1. The molecule has 0 aliphatic rings. The van der Waals surface area contributed by atoms with Gasteiger partial charge < -0.3 is 10.4 Å². The van der Waals surface area contributed by atoms with E-state index in [0.29, 0.717) is 5.56 Å². The summed E-state index contributed by atoms with van der Waals surface area (Å²) in [7, 11) is 0. The highest BCUT2D eigenvalue weighted by atomic mass is 19.3. The monoisotopic (exact) mass is 265 g/mol. The quantitative estimate of drug-likeness (QED) is 0.804. The number of aromatic carboxylic acids is 1. The molecule has 0 unspecified atom stereocenters. The summed E-state index contributed by atoms with van der Waals surface area (Å²) in [6.45, 7) is 0.304. The first kappa shape index (κ1) is 14.3. The number of nitrogens with one attached hydrogen (secondary N) is 1. The molecule has 0 aliphatic heterocycles. The van der Waals surface area contributed by atoms with Gasteiger partial charge >= 0.3 is 18.3 Å². The number of aryl methyl sites for hydroxylation is 1. The van der Waals surface area contributed by atoms with E-state index in [-0.39, 0.29) is 11.3 Å². The van der Waals surface area contributed by atoms with E-state index in [1.54, 1.807) is 6.92 Å². The largest absolute Gasteiger partial charge is 0.478 e. The lowest BCUT2D eigenvalue weighted by molar-refractivity contribution is -0.117. The van der Waals surface area contributed by atoms with Crippen molar-refractivity contribution in [3.8, 4) is 0 Å². The standard InChI is InChI=1S/C11H11F4NO2/c1-6-2-3-8(7(4-6)9(17)18)16-5-11(14,15)10(12)13/h2-4,10,16H,5H2,1H3,(H,17,18). The molecule has 0 amide bonds. The molecule has 1 aromatic carbocycles. The summed E-state index contributed by atoms with van der Waals surface area (Å²) in [6, 6.07) is 4.03. The first-order chi connectivity index (χ1) is 8.24. The smallest absolute Gasteiger partial charge is 0.337 e. The third-order valence-electron chi connectivity index (χ3n) is 2.24. The Morgan fingerprint density at radius 3 is 2.56 bits per heavy atom. The SMILES string of the molecule is Cc1ccc(NCC(F)(F)C(F)F)c(C(=O)O)c1. The Labute approximate surface area is 100 Å². The average Bonchev–Trinajstić information content (AvgIpc) is 2.27. The molecule has 100 valence electrons. The van der Waals surface area contributed by atoms with E-state index in [0.717, 1.165) is 0 Å². The van der Waals surface area contributed by atoms with Crippen LogP contribution in [0.15, 0.2) is 18.2 Å². The van der Waals surface area contributed by atoms with Crippen LogP contribution in [0.1, 0.15) is 15.9 Å². The first-order valence-corrected chi connectivity index (χ1v) is 4.98. The molecule has 0 radical (unpaired) electrons. The summed E-state index contributed by atoms with van der Waals surface area (Å²) in [5, 5.41) is 10.9. The van der Waals surface area contributed by atoms with Crippen molar-refractivity contribution in [1.82, 2.24) is 0 Å². The number of hydrogen-bond donors (Lipinski definition) is 2. The molecule has 1 aromatic rings. The summed E-state index contributed by atoms with van der Waals surface area (Å²) in [6.07, 6.45) is -3.80. The molecule has 2 N–H and O–H groups in total. The molecule has 18 heavy (non-hydrogen) atoms. The molecule has 0 heterocycles. The average molecular weight is 265 g/mol. The zero-order chi connectivity index (χ0) is 13.9. The van der Waals surface area contributed by atoms with Crippen LogP contribution < -0.4 is 5.32 Å². The molecule has 0 saturated carbocycles. The van der Waals surface area contributed by atoms with Gasteiger partial charge in [0, 0.05) is 5.69 Å². The fraction of sp³-hybridized carbons (Fsp3) is 0.364. The van der Waals surface area contributed by atoms with Crippen molar-refractivity contribution in [2.45, 2.75) is 19.3 Å². The fourth-order valence-corrected chi connectivity index (χ4v) is 1.28. The van der Waals surface area contributed by atoms with Gasteiger partial charge in [0.2, 0.25) is 0 Å². The molecule has 7 heteroatoms. The van der Waals surface area contributed by atoms with E-state index in [2.05, 4.69) is 0 Å². The van der Waals surface area contributed by atoms with Crippen molar-refractivity contribution < 1.29 is 27.5 Å². The topological polar surface area (TPSA) is 49.3 Å². The van der Waals surface area contributed by atoms with Gasteiger partial charge in [0.05, 0.1) is 12.1 Å². The number of carboxylic acid groups (broad SMARTS) is 1. The Kier molecular flexibility index (Phi) is 4.15. The maximum atomic E-state index is 12.7. The van der Waals surface area contributed by atoms with Crippen molar-refractivity contribution in [3.63, 3.8) is 0 Å². The van der Waals surface area contributed by atoms with Gasteiger partial charge in [-0.25, -0.2) is 13.6 Å². The third kappa shape index (κ3) is 3.35. The summed E-state index contributed by atoms with van der Waals surface area (Å²) < 4.78 is 49.2. The van der Waals surface area contributed by atoms with Crippen molar-refractivity contribution in [2.24, 2.45) is 0 Å². The molecule has 0 spiro atoms. The number of rotatable bonds is 5. The van der Waals surface area contributed by atoms with Crippen LogP contribution in [0.5, 0.6) is 0 Å². The molecule has 0 aliphatic carbocycles. The van der Waals surface area contributed by atoms with E-state index in [4.69, 9.17) is 5.11 Å². The molecular weight excluding hydrogens is 254 g/mol. The van der Waals surface area contributed by atoms with E-state index >= 15 is 0 Å². The fourth-order valence-electron chi connectivity index (χ4n) is 1.28. The highest BCUT2D eigenvalue weighted by Crippen LogP contribution is 2.25. The van der Waals surface area contributed by atoms with Crippen LogP contribution in [0.2, 0.25) is 0 Å². The van der Waals surface area contributed by atoms with Gasteiger partial charge in [-0.3, -0.25) is 0 Å². The lowest BCUT2D eigenvalue weighted by atomic mass is 10.1. The molecule has 0 aromatic heterocycles. The Morgan fingerprint density at radius 1 is 1.44 bits per heavy atom. The third-order valence-corrected chi connectivity index (χ3v) is 2.24. The number of carbonyl (C=O) groups is 1. The van der Waals surface area contributed by atoms with Crippen LogP contribution in [0.4, 0.5) is 23.2 Å². The van der Waals surface area contributed by atoms with Crippen LogP contribution in [0, 0.1) is 6.92 Å². The molecule has 0 fully saturated rings. The second kappa shape index (κ2) is 5.24. The first-order valence-electron chi connectivity index (χ1n) is 4.98. The van der Waals surface area contributed by atoms with Crippen molar-refractivity contribution in [1.29, 1.82) is 0 Å². The van der Waals surface area contributed by atoms with Crippen LogP contribution >= 0.6 is 0 Å². The van der Waals surface area contributed by atoms with Gasteiger partial charge in [-0.1, -0.05) is 11.6 Å². The van der Waals surface area contributed by atoms with E-state index in [1.165, 1.54) is 18.2 Å². The maximum absolute atomic E-state index is 12.7. The van der Waals surface area contributed by atoms with Crippen molar-refractivity contribution >= 4 is 11.7 Å². The Balaban J connectivity index is 2.89. The molecule has 0 atom stereocenters. The van der Waals surface area contributed by atoms with Gasteiger partial charge in [0.15, 0.2) is 0 Å². The molecule has 0 saturated heterocycles. The Morgan fingerprint density at radius 2 is 2.06 bits per heavy atom. The summed E-state index contributed by atoms with van der Waals surface area (Å²) in [5.41, 5.74) is 0.270. The lowest BCUT2D eigenvalue weighted by Crippen LogP contribution is -2.35.